The summed E-state index contributed by atoms with van der Waals surface area (Å²) in [6.45, 7) is 8.53. The molecule has 3 rings (SSSR count). The van der Waals surface area contributed by atoms with Gasteiger partial charge in [-0.2, -0.15) is 10.2 Å². The summed E-state index contributed by atoms with van der Waals surface area (Å²) in [7, 11) is 0. The first-order chi connectivity index (χ1) is 12.2. The molecule has 1 saturated heterocycles. The molecule has 7 heteroatoms. The van der Waals surface area contributed by atoms with E-state index in [-0.39, 0.29) is 12.5 Å². The molecule has 0 radical (unpaired) electrons. The summed E-state index contributed by atoms with van der Waals surface area (Å²) in [5, 5.41) is 12.3. The summed E-state index contributed by atoms with van der Waals surface area (Å²) in [4.78, 5) is 14.5. The number of likely N-dealkylation sites (N-methyl/N-ethyl adjacent to an activating group) is 1. The zero-order valence-corrected chi connectivity index (χ0v) is 15.2. The molecule has 0 saturated carbocycles. The molecule has 1 fully saturated rings. The molecular weight excluding hydrogens is 316 g/mol. The molecule has 1 aliphatic heterocycles. The van der Waals surface area contributed by atoms with Crippen molar-refractivity contribution in [3.63, 3.8) is 0 Å². The number of aryl methyl sites for hydroxylation is 1. The maximum atomic E-state index is 12.6. The van der Waals surface area contributed by atoms with Gasteiger partial charge in [-0.15, -0.1) is 0 Å². The van der Waals surface area contributed by atoms with E-state index < -0.39 is 0 Å². The van der Waals surface area contributed by atoms with Crippen LogP contribution < -0.4 is 5.32 Å². The minimum absolute atomic E-state index is 0.0863. The van der Waals surface area contributed by atoms with Gasteiger partial charge in [-0.25, -0.2) is 0 Å². The molecule has 3 heterocycles. The zero-order valence-electron chi connectivity index (χ0n) is 15.2. The fraction of sp³-hybridized carbons (Fsp3) is 0.611. The summed E-state index contributed by atoms with van der Waals surface area (Å²) >= 11 is 0. The van der Waals surface area contributed by atoms with Gasteiger partial charge in [0, 0.05) is 50.1 Å². The van der Waals surface area contributed by atoms with E-state index in [1.165, 1.54) is 12.8 Å². The highest BCUT2D eigenvalue weighted by atomic mass is 16.2. The topological polar surface area (TPSA) is 68.0 Å². The van der Waals surface area contributed by atoms with Crippen LogP contribution in [0, 0.1) is 0 Å². The van der Waals surface area contributed by atoms with Gasteiger partial charge in [0.25, 0.3) is 0 Å². The molecule has 25 heavy (non-hydrogen) atoms. The molecule has 1 aliphatic rings. The Bertz CT molecular complexity index is 685. The third-order valence-electron chi connectivity index (χ3n) is 4.79. The van der Waals surface area contributed by atoms with Crippen LogP contribution in [-0.2, 0) is 24.4 Å². The van der Waals surface area contributed by atoms with Crippen molar-refractivity contribution in [3.8, 4) is 0 Å². The van der Waals surface area contributed by atoms with Gasteiger partial charge in [0.2, 0.25) is 5.91 Å². The number of nitrogens with zero attached hydrogens (tertiary/aromatic N) is 5. The minimum Gasteiger partial charge on any atom is -0.337 e. The van der Waals surface area contributed by atoms with Crippen LogP contribution in [0.4, 0.5) is 0 Å². The van der Waals surface area contributed by atoms with Crippen LogP contribution >= 0.6 is 0 Å². The number of piperidine rings is 1. The van der Waals surface area contributed by atoms with Crippen LogP contribution in [0.5, 0.6) is 0 Å². The second kappa shape index (κ2) is 8.29. The van der Waals surface area contributed by atoms with Gasteiger partial charge in [0.1, 0.15) is 6.54 Å². The number of aromatic nitrogens is 4. The van der Waals surface area contributed by atoms with Crippen molar-refractivity contribution >= 4 is 5.91 Å². The van der Waals surface area contributed by atoms with Crippen molar-refractivity contribution in [2.45, 2.75) is 52.2 Å². The minimum atomic E-state index is 0.0863. The van der Waals surface area contributed by atoms with Gasteiger partial charge in [-0.05, 0) is 39.3 Å². The third kappa shape index (κ3) is 4.48. The predicted octanol–water partition coefficient (Wildman–Crippen LogP) is 1.62. The third-order valence-corrected chi connectivity index (χ3v) is 4.79. The quantitative estimate of drug-likeness (QED) is 0.829. The lowest BCUT2D eigenvalue weighted by Crippen LogP contribution is -2.33. The average molecular weight is 344 g/mol. The number of nitrogens with one attached hydrogen (secondary N) is 1. The summed E-state index contributed by atoms with van der Waals surface area (Å²) < 4.78 is 3.65. The van der Waals surface area contributed by atoms with E-state index in [9.17, 15) is 4.79 Å². The van der Waals surface area contributed by atoms with Crippen molar-refractivity contribution in [3.05, 3.63) is 35.9 Å². The van der Waals surface area contributed by atoms with Crippen molar-refractivity contribution in [1.82, 2.24) is 29.8 Å². The van der Waals surface area contributed by atoms with E-state index in [0.717, 1.165) is 30.9 Å². The second-order valence-electron chi connectivity index (χ2n) is 6.59. The Morgan fingerprint density at radius 3 is 2.96 bits per heavy atom. The largest absolute Gasteiger partial charge is 0.337 e. The molecule has 1 amide bonds. The predicted molar refractivity (Wildman–Crippen MR) is 96.1 cm³/mol. The van der Waals surface area contributed by atoms with E-state index in [4.69, 9.17) is 0 Å². The standard InChI is InChI=1S/C18H28N6O/c1-3-22(12-15-10-20-23(4-2)13-15)18(25)14-24-9-7-17(21-24)16-6-5-8-19-11-16/h7,9-10,13,16,19H,3-6,8,11-12,14H2,1-2H3. The number of carbonyl (C=O) groups excluding carboxylic acids is 1. The lowest BCUT2D eigenvalue weighted by Gasteiger charge is -2.21. The van der Waals surface area contributed by atoms with Crippen LogP contribution in [0.3, 0.4) is 0 Å². The smallest absolute Gasteiger partial charge is 0.244 e. The Morgan fingerprint density at radius 2 is 2.28 bits per heavy atom. The number of amides is 1. The molecule has 1 unspecified atom stereocenters. The molecule has 2 aromatic rings. The van der Waals surface area contributed by atoms with Gasteiger partial charge in [-0.1, -0.05) is 0 Å². The van der Waals surface area contributed by atoms with Gasteiger partial charge in [-0.3, -0.25) is 14.2 Å². The monoisotopic (exact) mass is 344 g/mol. The Morgan fingerprint density at radius 1 is 1.40 bits per heavy atom. The second-order valence-corrected chi connectivity index (χ2v) is 6.59. The van der Waals surface area contributed by atoms with E-state index in [2.05, 4.69) is 22.4 Å². The zero-order chi connectivity index (χ0) is 17.6. The van der Waals surface area contributed by atoms with E-state index in [1.807, 2.05) is 41.2 Å². The van der Waals surface area contributed by atoms with Crippen molar-refractivity contribution in [1.29, 1.82) is 0 Å². The van der Waals surface area contributed by atoms with Gasteiger partial charge in [0.15, 0.2) is 0 Å². The molecule has 0 spiro atoms. The van der Waals surface area contributed by atoms with Gasteiger partial charge >= 0.3 is 0 Å². The fourth-order valence-corrected chi connectivity index (χ4v) is 3.28. The number of hydrogen-bond donors (Lipinski definition) is 1. The molecule has 7 nitrogen and oxygen atoms in total. The molecule has 0 aliphatic carbocycles. The van der Waals surface area contributed by atoms with Gasteiger partial charge in [0.05, 0.1) is 11.9 Å². The number of carbonyl (C=O) groups is 1. The molecular formula is C18H28N6O. The first-order valence-electron chi connectivity index (χ1n) is 9.22. The van der Waals surface area contributed by atoms with Crippen LogP contribution in [0.2, 0.25) is 0 Å². The highest BCUT2D eigenvalue weighted by Gasteiger charge is 2.19. The Kier molecular flexibility index (Phi) is 5.86. The molecule has 1 atom stereocenters. The van der Waals surface area contributed by atoms with Crippen LogP contribution in [0.15, 0.2) is 24.7 Å². The first kappa shape index (κ1) is 17.7. The summed E-state index contributed by atoms with van der Waals surface area (Å²) in [6.07, 6.45) is 8.11. The van der Waals surface area contributed by atoms with E-state index in [0.29, 0.717) is 19.0 Å². The fourth-order valence-electron chi connectivity index (χ4n) is 3.28. The number of rotatable bonds is 7. The molecule has 2 aromatic heterocycles. The van der Waals surface area contributed by atoms with Crippen LogP contribution in [0.1, 0.15) is 43.9 Å². The lowest BCUT2D eigenvalue weighted by molar-refractivity contribution is -0.132. The average Bonchev–Trinajstić information content (AvgIpc) is 3.29. The maximum Gasteiger partial charge on any atom is 0.244 e. The normalized spacial score (nSPS) is 17.6. The molecule has 0 bridgehead atoms. The number of hydrogen-bond acceptors (Lipinski definition) is 4. The van der Waals surface area contributed by atoms with Crippen molar-refractivity contribution in [2.24, 2.45) is 0 Å². The molecule has 136 valence electrons. The summed E-state index contributed by atoms with van der Waals surface area (Å²) in [6, 6.07) is 2.05. The summed E-state index contributed by atoms with van der Waals surface area (Å²) in [5.41, 5.74) is 2.15. The van der Waals surface area contributed by atoms with Crippen molar-refractivity contribution in [2.75, 3.05) is 19.6 Å². The Hall–Kier alpha value is -2.15. The van der Waals surface area contributed by atoms with Crippen LogP contribution in [-0.4, -0.2) is 50.0 Å². The molecule has 1 N–H and O–H groups in total. The Balaban J connectivity index is 1.58. The van der Waals surface area contributed by atoms with Crippen molar-refractivity contribution < 1.29 is 4.79 Å². The van der Waals surface area contributed by atoms with E-state index >= 15 is 0 Å². The first-order valence-corrected chi connectivity index (χ1v) is 9.22. The van der Waals surface area contributed by atoms with Crippen LogP contribution in [0.25, 0.3) is 0 Å². The molecule has 0 aromatic carbocycles. The highest BCUT2D eigenvalue weighted by molar-refractivity contribution is 5.75. The van der Waals surface area contributed by atoms with Gasteiger partial charge < -0.3 is 10.2 Å². The maximum absolute atomic E-state index is 12.6. The van der Waals surface area contributed by atoms with E-state index in [1.54, 1.807) is 4.68 Å². The highest BCUT2D eigenvalue weighted by Crippen LogP contribution is 2.21. The lowest BCUT2D eigenvalue weighted by atomic mass is 9.97. The summed E-state index contributed by atoms with van der Waals surface area (Å²) in [5.74, 6) is 0.551. The Labute approximate surface area is 149 Å². The SMILES string of the molecule is CCN(Cc1cnn(CC)c1)C(=O)Cn1ccc(C2CCCNC2)n1.